The van der Waals surface area contributed by atoms with E-state index in [0.29, 0.717) is 17.7 Å². The molecule has 2 aromatic heterocycles. The second-order valence-electron chi connectivity index (χ2n) is 5.73. The van der Waals surface area contributed by atoms with Crippen LogP contribution in [-0.4, -0.2) is 14.5 Å². The number of thiazole rings is 1. The van der Waals surface area contributed by atoms with Gasteiger partial charge in [0.2, 0.25) is 0 Å². The summed E-state index contributed by atoms with van der Waals surface area (Å²) in [4.78, 5) is 22.2. The summed E-state index contributed by atoms with van der Waals surface area (Å²) in [5.41, 5.74) is 1.83. The van der Waals surface area contributed by atoms with Crippen LogP contribution in [-0.2, 0) is 12.3 Å². The van der Waals surface area contributed by atoms with Crippen molar-refractivity contribution >= 4 is 44.2 Å². The molecule has 4 nitrogen and oxygen atoms in total. The van der Waals surface area contributed by atoms with E-state index < -0.39 is 0 Å². The average molecular weight is 367 g/mol. The first kappa shape index (κ1) is 16.3. The Morgan fingerprint density at radius 1 is 1.04 bits per heavy atom. The molecule has 0 bridgehead atoms. The molecule has 4 aromatic rings. The SMILES string of the molecule is CCCn1c(SCc2nc3ccccc3s2)nc2ccccc2c1=O. The predicted molar refractivity (Wildman–Crippen MR) is 105 cm³/mol. The lowest BCUT2D eigenvalue weighted by molar-refractivity contribution is 0.584. The van der Waals surface area contributed by atoms with Crippen LogP contribution in [0.2, 0.25) is 0 Å². The molecule has 0 atom stereocenters. The van der Waals surface area contributed by atoms with Crippen molar-refractivity contribution in [1.29, 1.82) is 0 Å². The van der Waals surface area contributed by atoms with E-state index in [9.17, 15) is 4.79 Å². The molecule has 2 heterocycles. The minimum atomic E-state index is 0.0410. The van der Waals surface area contributed by atoms with Gasteiger partial charge in [-0.3, -0.25) is 9.36 Å². The van der Waals surface area contributed by atoms with E-state index in [0.717, 1.165) is 27.6 Å². The Morgan fingerprint density at radius 3 is 2.60 bits per heavy atom. The van der Waals surface area contributed by atoms with Crippen molar-refractivity contribution in [3.63, 3.8) is 0 Å². The molecule has 0 amide bonds. The Balaban J connectivity index is 1.70. The molecule has 0 aliphatic rings. The van der Waals surface area contributed by atoms with E-state index >= 15 is 0 Å². The molecule has 0 N–H and O–H groups in total. The third-order valence-corrected chi connectivity index (χ3v) is 6.14. The van der Waals surface area contributed by atoms with Gasteiger partial charge in [0.1, 0.15) is 5.01 Å². The number of para-hydroxylation sites is 2. The molecule has 126 valence electrons. The zero-order valence-corrected chi connectivity index (χ0v) is 15.4. The average Bonchev–Trinajstić information content (AvgIpc) is 3.06. The highest BCUT2D eigenvalue weighted by atomic mass is 32.2. The van der Waals surface area contributed by atoms with Gasteiger partial charge in [-0.15, -0.1) is 11.3 Å². The van der Waals surface area contributed by atoms with Crippen molar-refractivity contribution in [1.82, 2.24) is 14.5 Å². The van der Waals surface area contributed by atoms with E-state index in [1.165, 1.54) is 4.70 Å². The van der Waals surface area contributed by atoms with Crippen molar-refractivity contribution in [2.45, 2.75) is 30.8 Å². The van der Waals surface area contributed by atoms with E-state index in [4.69, 9.17) is 4.98 Å². The van der Waals surface area contributed by atoms with Crippen LogP contribution in [0.25, 0.3) is 21.1 Å². The maximum atomic E-state index is 12.8. The fourth-order valence-electron chi connectivity index (χ4n) is 2.79. The van der Waals surface area contributed by atoms with Crippen LogP contribution in [0.4, 0.5) is 0 Å². The minimum absolute atomic E-state index is 0.0410. The molecule has 0 saturated heterocycles. The third-order valence-electron chi connectivity index (χ3n) is 3.94. The normalized spacial score (nSPS) is 11.4. The van der Waals surface area contributed by atoms with Gasteiger partial charge < -0.3 is 0 Å². The fourth-order valence-corrected chi connectivity index (χ4v) is 4.77. The number of hydrogen-bond acceptors (Lipinski definition) is 5. The van der Waals surface area contributed by atoms with Crippen LogP contribution in [0.5, 0.6) is 0 Å². The molecule has 0 spiro atoms. The number of rotatable bonds is 5. The van der Waals surface area contributed by atoms with Gasteiger partial charge in [0.05, 0.1) is 26.9 Å². The Kier molecular flexibility index (Phi) is 4.55. The molecule has 0 aliphatic heterocycles. The number of benzene rings is 2. The van der Waals surface area contributed by atoms with E-state index in [1.807, 2.05) is 42.5 Å². The Hall–Kier alpha value is -2.18. The second-order valence-corrected chi connectivity index (χ2v) is 7.79. The van der Waals surface area contributed by atoms with Crippen LogP contribution in [0.15, 0.2) is 58.5 Å². The summed E-state index contributed by atoms with van der Waals surface area (Å²) in [5, 5.41) is 2.50. The van der Waals surface area contributed by atoms with Crippen molar-refractivity contribution in [2.75, 3.05) is 0 Å². The lowest BCUT2D eigenvalue weighted by atomic mass is 10.2. The quantitative estimate of drug-likeness (QED) is 0.379. The maximum Gasteiger partial charge on any atom is 0.262 e. The minimum Gasteiger partial charge on any atom is -0.287 e. The largest absolute Gasteiger partial charge is 0.287 e. The maximum absolute atomic E-state index is 12.8. The van der Waals surface area contributed by atoms with Crippen LogP contribution in [0.3, 0.4) is 0 Å². The summed E-state index contributed by atoms with van der Waals surface area (Å²) < 4.78 is 2.98. The first-order valence-electron chi connectivity index (χ1n) is 8.23. The van der Waals surface area contributed by atoms with Gasteiger partial charge in [0, 0.05) is 6.54 Å². The molecule has 2 aromatic carbocycles. The van der Waals surface area contributed by atoms with Gasteiger partial charge in [0.15, 0.2) is 5.16 Å². The summed E-state index contributed by atoms with van der Waals surface area (Å²) in [7, 11) is 0. The number of hydrogen-bond donors (Lipinski definition) is 0. The van der Waals surface area contributed by atoms with E-state index in [-0.39, 0.29) is 5.56 Å². The number of aromatic nitrogens is 3. The van der Waals surface area contributed by atoms with Gasteiger partial charge >= 0.3 is 0 Å². The molecule has 0 aliphatic carbocycles. The summed E-state index contributed by atoms with van der Waals surface area (Å²) in [6.07, 6.45) is 0.897. The van der Waals surface area contributed by atoms with Crippen LogP contribution in [0, 0.1) is 0 Å². The first-order valence-corrected chi connectivity index (χ1v) is 10.0. The highest BCUT2D eigenvalue weighted by Crippen LogP contribution is 2.28. The molecule has 25 heavy (non-hydrogen) atoms. The fraction of sp³-hybridized carbons (Fsp3) is 0.211. The van der Waals surface area contributed by atoms with Crippen LogP contribution >= 0.6 is 23.1 Å². The zero-order chi connectivity index (χ0) is 17.2. The number of nitrogens with zero attached hydrogens (tertiary/aromatic N) is 3. The molecule has 0 fully saturated rings. The lowest BCUT2D eigenvalue weighted by Crippen LogP contribution is -2.23. The first-order chi connectivity index (χ1) is 12.3. The van der Waals surface area contributed by atoms with Gasteiger partial charge in [-0.1, -0.05) is 43.0 Å². The Bertz CT molecular complexity index is 1070. The van der Waals surface area contributed by atoms with Gasteiger partial charge in [-0.05, 0) is 30.7 Å². The molecular formula is C19H17N3OS2. The van der Waals surface area contributed by atoms with Gasteiger partial charge in [0.25, 0.3) is 5.56 Å². The molecule has 0 unspecified atom stereocenters. The monoisotopic (exact) mass is 367 g/mol. The van der Waals surface area contributed by atoms with Gasteiger partial charge in [-0.25, -0.2) is 9.97 Å². The van der Waals surface area contributed by atoms with Crippen LogP contribution in [0.1, 0.15) is 18.4 Å². The van der Waals surface area contributed by atoms with Crippen molar-refractivity contribution in [3.8, 4) is 0 Å². The topological polar surface area (TPSA) is 47.8 Å². The summed E-state index contributed by atoms with van der Waals surface area (Å²) in [6.45, 7) is 2.75. The zero-order valence-electron chi connectivity index (χ0n) is 13.8. The van der Waals surface area contributed by atoms with Crippen molar-refractivity contribution < 1.29 is 0 Å². The second kappa shape index (κ2) is 6.98. The highest BCUT2D eigenvalue weighted by Gasteiger charge is 2.12. The number of thioether (sulfide) groups is 1. The molecular weight excluding hydrogens is 350 g/mol. The Labute approximate surface area is 153 Å². The molecule has 0 saturated carbocycles. The summed E-state index contributed by atoms with van der Waals surface area (Å²) in [5.74, 6) is 0.716. The lowest BCUT2D eigenvalue weighted by Gasteiger charge is -2.11. The van der Waals surface area contributed by atoms with Crippen molar-refractivity contribution in [3.05, 3.63) is 63.9 Å². The molecule has 4 rings (SSSR count). The summed E-state index contributed by atoms with van der Waals surface area (Å²) >= 11 is 3.28. The Morgan fingerprint density at radius 2 is 1.80 bits per heavy atom. The number of fused-ring (bicyclic) bond motifs is 2. The molecule has 6 heteroatoms. The standard InChI is InChI=1S/C19H17N3OS2/c1-2-11-22-18(23)13-7-3-4-8-14(13)21-19(22)24-12-17-20-15-9-5-6-10-16(15)25-17/h3-10H,2,11-12H2,1H3. The van der Waals surface area contributed by atoms with Crippen LogP contribution < -0.4 is 5.56 Å². The van der Waals surface area contributed by atoms with Crippen molar-refractivity contribution in [2.24, 2.45) is 0 Å². The third kappa shape index (κ3) is 3.19. The van der Waals surface area contributed by atoms with E-state index in [2.05, 4.69) is 18.0 Å². The highest BCUT2D eigenvalue weighted by molar-refractivity contribution is 7.98. The summed E-state index contributed by atoms with van der Waals surface area (Å²) in [6, 6.07) is 15.7. The molecule has 0 radical (unpaired) electrons. The van der Waals surface area contributed by atoms with E-state index in [1.54, 1.807) is 27.7 Å². The smallest absolute Gasteiger partial charge is 0.262 e. The van der Waals surface area contributed by atoms with Gasteiger partial charge in [-0.2, -0.15) is 0 Å². The predicted octanol–water partition coefficient (Wildman–Crippen LogP) is 4.71.